The number of rotatable bonds is 7. The first-order chi connectivity index (χ1) is 11.1. The zero-order valence-corrected chi connectivity index (χ0v) is 17.8. The fraction of sp³-hybridized carbons (Fsp3) is 0.611. The molecule has 2 unspecified atom stereocenters. The van der Waals surface area contributed by atoms with Crippen molar-refractivity contribution in [1.82, 2.24) is 10.6 Å². The van der Waals surface area contributed by atoms with Crippen molar-refractivity contribution in [3.05, 3.63) is 35.9 Å². The lowest BCUT2D eigenvalue weighted by Crippen LogP contribution is -2.44. The number of nitrogens with one attached hydrogen (secondary N) is 2. The van der Waals surface area contributed by atoms with Gasteiger partial charge in [-0.2, -0.15) is 11.8 Å². The molecule has 1 aromatic rings. The second-order valence-electron chi connectivity index (χ2n) is 6.29. The summed E-state index contributed by atoms with van der Waals surface area (Å²) < 4.78 is 0. The van der Waals surface area contributed by atoms with Crippen molar-refractivity contribution in [2.24, 2.45) is 4.99 Å². The van der Waals surface area contributed by atoms with E-state index < -0.39 is 5.60 Å². The number of hydrogen-bond acceptors (Lipinski definition) is 3. The molecule has 0 bridgehead atoms. The van der Waals surface area contributed by atoms with E-state index in [1.807, 2.05) is 6.07 Å². The second-order valence-corrected chi connectivity index (χ2v) is 7.40. The van der Waals surface area contributed by atoms with E-state index in [2.05, 4.69) is 53.7 Å². The van der Waals surface area contributed by atoms with E-state index in [1.54, 1.807) is 11.8 Å². The van der Waals surface area contributed by atoms with Crippen LogP contribution in [-0.4, -0.2) is 47.3 Å². The van der Waals surface area contributed by atoms with Gasteiger partial charge in [0.2, 0.25) is 0 Å². The Morgan fingerprint density at radius 2 is 2.12 bits per heavy atom. The maximum absolute atomic E-state index is 10.4. The number of aliphatic imine (C=N–C) groups is 1. The summed E-state index contributed by atoms with van der Waals surface area (Å²) in [5.41, 5.74) is 0.737. The summed E-state index contributed by atoms with van der Waals surface area (Å²) >= 11 is 1.81. The molecule has 1 saturated heterocycles. The lowest BCUT2D eigenvalue weighted by molar-refractivity contribution is 0.0778. The molecule has 24 heavy (non-hydrogen) atoms. The Bertz CT molecular complexity index is 492. The van der Waals surface area contributed by atoms with Crippen LogP contribution < -0.4 is 10.6 Å². The molecule has 0 amide bonds. The van der Waals surface area contributed by atoms with Gasteiger partial charge in [-0.15, -0.1) is 24.0 Å². The van der Waals surface area contributed by atoms with Gasteiger partial charge in [0.1, 0.15) is 0 Å². The summed E-state index contributed by atoms with van der Waals surface area (Å²) in [5, 5.41) is 17.1. The summed E-state index contributed by atoms with van der Waals surface area (Å²) in [4.78, 5) is 4.59. The third kappa shape index (κ3) is 7.61. The monoisotopic (exact) mass is 463 g/mol. The molecule has 0 saturated carbocycles. The average Bonchev–Trinajstić information content (AvgIpc) is 2.99. The standard InChI is InChI=1S/C18H29N3OS.HI/c1-3-19-17(20-13-18(22)11-12-23-14-18)21-15(2)9-10-16-7-5-4-6-8-16;/h4-8,15,22H,3,9-14H2,1-2H3,(H2,19,20,21);1H. The topological polar surface area (TPSA) is 56.7 Å². The number of benzene rings is 1. The van der Waals surface area contributed by atoms with Crippen LogP contribution in [0.25, 0.3) is 0 Å². The minimum atomic E-state index is -0.625. The van der Waals surface area contributed by atoms with Gasteiger partial charge in [-0.25, -0.2) is 0 Å². The van der Waals surface area contributed by atoms with Gasteiger partial charge in [0.05, 0.1) is 12.1 Å². The van der Waals surface area contributed by atoms with Gasteiger partial charge in [-0.05, 0) is 44.4 Å². The minimum Gasteiger partial charge on any atom is -0.387 e. The predicted octanol–water partition coefficient (Wildman–Crippen LogP) is 3.05. The van der Waals surface area contributed by atoms with Crippen molar-refractivity contribution in [2.45, 2.75) is 44.8 Å². The molecule has 1 aliphatic rings. The van der Waals surface area contributed by atoms with Gasteiger partial charge in [-0.3, -0.25) is 4.99 Å². The molecule has 0 spiro atoms. The fourth-order valence-electron chi connectivity index (χ4n) is 2.60. The SMILES string of the molecule is CCNC(=NCC1(O)CCSC1)NC(C)CCc1ccccc1.I. The Balaban J connectivity index is 0.00000288. The van der Waals surface area contributed by atoms with Crippen LogP contribution in [0, 0.1) is 0 Å². The second kappa shape index (κ2) is 11.2. The Hall–Kier alpha value is -0.470. The van der Waals surface area contributed by atoms with Crippen molar-refractivity contribution in [2.75, 3.05) is 24.6 Å². The summed E-state index contributed by atoms with van der Waals surface area (Å²) in [6.07, 6.45) is 2.94. The number of halogens is 1. The third-order valence-electron chi connectivity index (χ3n) is 4.05. The molecule has 0 aliphatic carbocycles. The largest absolute Gasteiger partial charge is 0.387 e. The molecule has 136 valence electrons. The van der Waals surface area contributed by atoms with Gasteiger partial charge in [0.15, 0.2) is 5.96 Å². The third-order valence-corrected chi connectivity index (χ3v) is 5.28. The van der Waals surface area contributed by atoms with Gasteiger partial charge >= 0.3 is 0 Å². The highest BCUT2D eigenvalue weighted by atomic mass is 127. The maximum atomic E-state index is 10.4. The smallest absolute Gasteiger partial charge is 0.191 e. The Morgan fingerprint density at radius 1 is 1.38 bits per heavy atom. The molecule has 2 rings (SSSR count). The van der Waals surface area contributed by atoms with E-state index in [9.17, 15) is 5.11 Å². The molecule has 1 heterocycles. The van der Waals surface area contributed by atoms with Gasteiger partial charge in [-0.1, -0.05) is 30.3 Å². The molecule has 2 atom stereocenters. The van der Waals surface area contributed by atoms with E-state index in [0.717, 1.165) is 43.3 Å². The summed E-state index contributed by atoms with van der Waals surface area (Å²) in [6, 6.07) is 10.9. The van der Waals surface area contributed by atoms with Crippen molar-refractivity contribution in [3.8, 4) is 0 Å². The van der Waals surface area contributed by atoms with Crippen molar-refractivity contribution >= 4 is 41.7 Å². The first-order valence-electron chi connectivity index (χ1n) is 8.50. The highest BCUT2D eigenvalue weighted by molar-refractivity contribution is 14.0. The van der Waals surface area contributed by atoms with Crippen LogP contribution in [0.3, 0.4) is 0 Å². The van der Waals surface area contributed by atoms with E-state index in [0.29, 0.717) is 12.6 Å². The van der Waals surface area contributed by atoms with Crippen molar-refractivity contribution < 1.29 is 5.11 Å². The first-order valence-corrected chi connectivity index (χ1v) is 9.66. The molecule has 1 aromatic carbocycles. The molecule has 0 aromatic heterocycles. The zero-order valence-electron chi connectivity index (χ0n) is 14.6. The number of guanidine groups is 1. The number of thioether (sulfide) groups is 1. The maximum Gasteiger partial charge on any atom is 0.191 e. The fourth-order valence-corrected chi connectivity index (χ4v) is 3.89. The van der Waals surface area contributed by atoms with Crippen LogP contribution >= 0.6 is 35.7 Å². The van der Waals surface area contributed by atoms with E-state index in [-0.39, 0.29) is 24.0 Å². The molecule has 6 heteroatoms. The number of hydrogen-bond donors (Lipinski definition) is 3. The van der Waals surface area contributed by atoms with E-state index >= 15 is 0 Å². The summed E-state index contributed by atoms with van der Waals surface area (Å²) in [7, 11) is 0. The van der Waals surface area contributed by atoms with Crippen LogP contribution in [0.15, 0.2) is 35.3 Å². The zero-order chi connectivity index (χ0) is 16.5. The quantitative estimate of drug-likeness (QED) is 0.331. The van der Waals surface area contributed by atoms with E-state index in [4.69, 9.17) is 0 Å². The highest BCUT2D eigenvalue weighted by Gasteiger charge is 2.31. The summed E-state index contributed by atoms with van der Waals surface area (Å²) in [6.45, 7) is 5.53. The predicted molar refractivity (Wildman–Crippen MR) is 116 cm³/mol. The molecule has 0 radical (unpaired) electrons. The molecule has 1 aliphatic heterocycles. The van der Waals surface area contributed by atoms with Gasteiger partial charge < -0.3 is 15.7 Å². The number of nitrogens with zero attached hydrogens (tertiary/aromatic N) is 1. The van der Waals surface area contributed by atoms with E-state index in [1.165, 1.54) is 5.56 Å². The first kappa shape index (κ1) is 21.6. The minimum absolute atomic E-state index is 0. The molecular formula is C18H30IN3OS. The Kier molecular flexibility index (Phi) is 10.1. The molecule has 3 N–H and O–H groups in total. The molecular weight excluding hydrogens is 433 g/mol. The van der Waals surface area contributed by atoms with Crippen LogP contribution in [0.4, 0.5) is 0 Å². The highest BCUT2D eigenvalue weighted by Crippen LogP contribution is 2.27. The lowest BCUT2D eigenvalue weighted by atomic mass is 10.0. The Morgan fingerprint density at radius 3 is 2.75 bits per heavy atom. The van der Waals surface area contributed by atoms with Crippen LogP contribution in [0.1, 0.15) is 32.3 Å². The van der Waals surface area contributed by atoms with Crippen molar-refractivity contribution in [1.29, 1.82) is 0 Å². The normalized spacial score (nSPS) is 21.9. The van der Waals surface area contributed by atoms with Gasteiger partial charge in [0, 0.05) is 18.3 Å². The van der Waals surface area contributed by atoms with Gasteiger partial charge in [0.25, 0.3) is 0 Å². The van der Waals surface area contributed by atoms with Crippen LogP contribution in [0.5, 0.6) is 0 Å². The summed E-state index contributed by atoms with van der Waals surface area (Å²) in [5.74, 6) is 2.63. The number of aryl methyl sites for hydroxylation is 1. The lowest BCUT2D eigenvalue weighted by Gasteiger charge is -2.21. The molecule has 1 fully saturated rings. The molecule has 4 nitrogen and oxygen atoms in total. The Labute approximate surface area is 167 Å². The average molecular weight is 463 g/mol. The number of aliphatic hydroxyl groups is 1. The van der Waals surface area contributed by atoms with Crippen LogP contribution in [-0.2, 0) is 6.42 Å². The van der Waals surface area contributed by atoms with Crippen LogP contribution in [0.2, 0.25) is 0 Å². The van der Waals surface area contributed by atoms with Crippen molar-refractivity contribution in [3.63, 3.8) is 0 Å².